The molecule has 4 aromatic carbocycles. The lowest BCUT2D eigenvalue weighted by atomic mass is 9.85. The minimum absolute atomic E-state index is 0.434. The van der Waals surface area contributed by atoms with Gasteiger partial charge in [0.1, 0.15) is 0 Å². The van der Waals surface area contributed by atoms with Crippen molar-refractivity contribution in [2.45, 2.75) is 106 Å². The second kappa shape index (κ2) is 19.8. The zero-order valence-electron chi connectivity index (χ0n) is 38.2. The molecule has 0 saturated carbocycles. The Labute approximate surface area is 443 Å². The van der Waals surface area contributed by atoms with Gasteiger partial charge in [-0.3, -0.25) is 0 Å². The molecule has 0 aliphatic heterocycles. The predicted molar refractivity (Wildman–Crippen MR) is 197 cm³/mol. The highest BCUT2D eigenvalue weighted by Crippen LogP contribution is 2.68. The lowest BCUT2D eigenvalue weighted by molar-refractivity contribution is -0.462. The molecular formula is C38H10F40O6S2. The topological polar surface area (TPSA) is 86.7 Å². The molecule has 0 fully saturated rings. The van der Waals surface area contributed by atoms with Gasteiger partial charge in [0.2, 0.25) is 0 Å². The maximum absolute atomic E-state index is 15.5. The van der Waals surface area contributed by atoms with E-state index in [4.69, 9.17) is 0 Å². The molecule has 0 amide bonds. The summed E-state index contributed by atoms with van der Waals surface area (Å²) in [6.07, 6.45) is -16.4. The number of fused-ring (bicyclic) bond motifs is 2. The Morgan fingerprint density at radius 3 is 0.674 bits per heavy atom. The Kier molecular flexibility index (Phi) is 16.7. The van der Waals surface area contributed by atoms with E-state index < -0.39 is 242 Å². The summed E-state index contributed by atoms with van der Waals surface area (Å²) in [6.45, 7) is 0. The summed E-state index contributed by atoms with van der Waals surface area (Å²) in [5.74, 6) is -128. The summed E-state index contributed by atoms with van der Waals surface area (Å²) in [5.41, 5.74) is -25.0. The number of alkyl halides is 40. The third kappa shape index (κ3) is 9.94. The van der Waals surface area contributed by atoms with E-state index in [1.165, 1.54) is 0 Å². The Hall–Kier alpha value is -5.90. The van der Waals surface area contributed by atoms with E-state index in [1.54, 1.807) is 0 Å². The van der Waals surface area contributed by atoms with Crippen molar-refractivity contribution >= 4 is 41.8 Å². The smallest absolute Gasteiger partial charge is 0.375 e. The molecule has 0 aliphatic carbocycles. The van der Waals surface area contributed by atoms with Gasteiger partial charge in [-0.1, -0.05) is 36.4 Å². The third-order valence-electron chi connectivity index (χ3n) is 11.3. The first kappa shape index (κ1) is 72.6. The minimum Gasteiger partial charge on any atom is -0.375 e. The van der Waals surface area contributed by atoms with Crippen LogP contribution in [-0.2, 0) is 32.1 Å². The van der Waals surface area contributed by atoms with Gasteiger partial charge in [0.15, 0.2) is 11.5 Å². The zero-order valence-corrected chi connectivity index (χ0v) is 39.8. The molecule has 0 heterocycles. The summed E-state index contributed by atoms with van der Waals surface area (Å²) in [6, 6.07) is -8.05. The van der Waals surface area contributed by atoms with E-state index in [0.29, 0.717) is 0 Å². The van der Waals surface area contributed by atoms with Crippen molar-refractivity contribution in [1.29, 1.82) is 0 Å². The molecule has 86 heavy (non-hydrogen) atoms. The van der Waals surface area contributed by atoms with Gasteiger partial charge in [0, 0.05) is 22.3 Å². The summed E-state index contributed by atoms with van der Waals surface area (Å²) >= 11 is 0. The molecule has 0 spiro atoms. The molecule has 4 aromatic rings. The van der Waals surface area contributed by atoms with Crippen LogP contribution in [0.2, 0.25) is 0 Å². The van der Waals surface area contributed by atoms with Gasteiger partial charge < -0.3 is 8.37 Å². The van der Waals surface area contributed by atoms with Gasteiger partial charge in [-0.05, 0) is 45.8 Å². The van der Waals surface area contributed by atoms with Crippen molar-refractivity contribution in [2.75, 3.05) is 0 Å². The molecule has 0 unspecified atom stereocenters. The molecule has 0 saturated heterocycles. The van der Waals surface area contributed by atoms with Crippen LogP contribution in [0.1, 0.15) is 11.1 Å². The van der Waals surface area contributed by atoms with Gasteiger partial charge in [0.25, 0.3) is 0 Å². The molecule has 0 aromatic heterocycles. The number of halogens is 40. The molecule has 0 bridgehead atoms. The Bertz CT molecular complexity index is 3270. The predicted octanol–water partition coefficient (Wildman–Crippen LogP) is 17.0. The van der Waals surface area contributed by atoms with E-state index >= 15 is 35.1 Å². The third-order valence-corrected chi connectivity index (χ3v) is 13.3. The molecule has 0 N–H and O–H groups in total. The zero-order chi connectivity index (χ0) is 68.3. The lowest BCUT2D eigenvalue weighted by Crippen LogP contribution is -2.74. The van der Waals surface area contributed by atoms with E-state index in [9.17, 15) is 157 Å². The number of rotatable bonds is 19. The van der Waals surface area contributed by atoms with Gasteiger partial charge in [-0.25, -0.2) is 0 Å². The highest BCUT2D eigenvalue weighted by Gasteiger charge is 2.97. The lowest BCUT2D eigenvalue weighted by Gasteiger charge is -2.42. The molecule has 0 atom stereocenters. The summed E-state index contributed by atoms with van der Waals surface area (Å²) in [7, 11) is -15.1. The van der Waals surface area contributed by atoms with Gasteiger partial charge in [-0.2, -0.15) is 192 Å². The van der Waals surface area contributed by atoms with Crippen LogP contribution >= 0.6 is 0 Å². The maximum Gasteiger partial charge on any atom is 0.534 e. The summed E-state index contributed by atoms with van der Waals surface area (Å²) in [4.78, 5) is 0. The van der Waals surface area contributed by atoms with E-state index in [-0.39, 0.29) is 0 Å². The van der Waals surface area contributed by atoms with Crippen molar-refractivity contribution in [3.63, 3.8) is 0 Å². The van der Waals surface area contributed by atoms with Crippen LogP contribution in [0.15, 0.2) is 60.7 Å². The average Bonchev–Trinajstić information content (AvgIpc) is 0.706. The Balaban J connectivity index is 2.18. The second-order valence-electron chi connectivity index (χ2n) is 16.8. The van der Waals surface area contributed by atoms with E-state index in [0.717, 1.165) is 0 Å². The van der Waals surface area contributed by atoms with Crippen LogP contribution < -0.4 is 8.37 Å². The highest BCUT2D eigenvalue weighted by molar-refractivity contribution is 7.88. The molecule has 4 rings (SSSR count). The molecule has 6 nitrogen and oxygen atoms in total. The summed E-state index contributed by atoms with van der Waals surface area (Å²) < 4.78 is 617. The van der Waals surface area contributed by atoms with E-state index in [2.05, 4.69) is 8.37 Å². The molecule has 490 valence electrons. The van der Waals surface area contributed by atoms with Gasteiger partial charge in [0.05, 0.1) is 0 Å². The average molecular weight is 1390 g/mol. The van der Waals surface area contributed by atoms with Crippen molar-refractivity contribution in [1.82, 2.24) is 0 Å². The first-order valence-electron chi connectivity index (χ1n) is 19.9. The summed E-state index contributed by atoms with van der Waals surface area (Å²) in [5, 5.41) is -7.91. The van der Waals surface area contributed by atoms with Crippen LogP contribution in [0.3, 0.4) is 0 Å². The van der Waals surface area contributed by atoms with Gasteiger partial charge in [-0.15, -0.1) is 0 Å². The minimum atomic E-state index is -9.27. The van der Waals surface area contributed by atoms with Crippen LogP contribution in [0.4, 0.5) is 176 Å². The first-order chi connectivity index (χ1) is 37.3. The highest BCUT2D eigenvalue weighted by atomic mass is 32.2. The standard InChI is InChI=1S/C38H10F40O6S2/c39-21(40,23(43,44)25(47,48)27(51,52)29(55,56)31(59,60)33(63,64)35(67,68)69)13-3-5-15-11(9-13)1-7-17(83-85(79,80)37(73,74)75)19(15)20-16-6-4-14(10-12(16)2-8-18(20)84-86(81,82)38(76,77)78)22(41,42)24(45,46)26(49,50)28(53,54)30(57,58)32(61,62)34(65,66)36(70,71)72/h1-10H. The monoisotopic (exact) mass is 1390 g/mol. The van der Waals surface area contributed by atoms with Crippen LogP contribution in [0.25, 0.3) is 32.7 Å². The van der Waals surface area contributed by atoms with Crippen LogP contribution in [-0.4, -0.2) is 111 Å². The van der Waals surface area contributed by atoms with Crippen molar-refractivity contribution < 1.29 is 201 Å². The molecular weight excluding hydrogens is 1380 g/mol. The SMILES string of the molecule is O=S(=O)(Oc1ccc2cc(C(F)(F)C(F)(F)C(F)(F)C(F)(F)C(F)(F)C(F)(F)C(F)(F)C(F)(F)F)ccc2c1-c1c(OS(=O)(=O)C(F)(F)F)ccc2cc(C(F)(F)C(F)(F)C(F)(F)C(F)(F)C(F)(F)C(F)(F)C(F)(F)C(F)(F)F)ccc12)C(F)(F)F. The Morgan fingerprint density at radius 2 is 0.465 bits per heavy atom. The van der Waals surface area contributed by atoms with Gasteiger partial charge >= 0.3 is 127 Å². The van der Waals surface area contributed by atoms with Crippen LogP contribution in [0, 0.1) is 0 Å². The fraction of sp³-hybridized carbons (Fsp3) is 0.474. The fourth-order valence-corrected chi connectivity index (χ4v) is 7.63. The normalized spacial score (nSPS) is 15.9. The molecule has 0 aliphatic rings. The van der Waals surface area contributed by atoms with Crippen molar-refractivity contribution in [3.05, 3.63) is 71.8 Å². The van der Waals surface area contributed by atoms with E-state index in [1.807, 2.05) is 0 Å². The van der Waals surface area contributed by atoms with Crippen molar-refractivity contribution in [2.24, 2.45) is 0 Å². The number of hydrogen-bond acceptors (Lipinski definition) is 6. The molecule has 48 heteroatoms. The Morgan fingerprint density at radius 1 is 0.256 bits per heavy atom. The quantitative estimate of drug-likeness (QED) is 0.0528. The second-order valence-corrected chi connectivity index (χ2v) is 19.8. The number of benzene rings is 4. The molecule has 0 radical (unpaired) electrons. The van der Waals surface area contributed by atoms with Crippen LogP contribution in [0.5, 0.6) is 11.5 Å². The van der Waals surface area contributed by atoms with Crippen molar-refractivity contribution in [3.8, 4) is 22.6 Å². The number of hydrogen-bond donors (Lipinski definition) is 0. The maximum atomic E-state index is 15.5. The largest absolute Gasteiger partial charge is 0.534 e. The first-order valence-corrected chi connectivity index (χ1v) is 22.7. The fourth-order valence-electron chi connectivity index (χ4n) is 6.69.